The van der Waals surface area contributed by atoms with E-state index in [1.165, 1.54) is 5.56 Å². The Kier molecular flexibility index (Phi) is 7.16. The van der Waals surface area contributed by atoms with Crippen LogP contribution in [0.25, 0.3) is 5.70 Å². The fraction of sp³-hybridized carbons (Fsp3) is 0.105. The molecular weight excluding hydrogens is 540 g/mol. The van der Waals surface area contributed by atoms with Crippen LogP contribution in [-0.4, -0.2) is 30.7 Å². The molecule has 7 rings (SSSR count). The zero-order chi connectivity index (χ0) is 30.0. The van der Waals surface area contributed by atoms with E-state index >= 15 is 0 Å². The lowest BCUT2D eigenvalue weighted by molar-refractivity contribution is 0.648. The van der Waals surface area contributed by atoms with Crippen LogP contribution in [0.4, 0.5) is 28.4 Å². The zero-order valence-electron chi connectivity index (χ0n) is 25.1. The molecular formula is C38H34N6. The van der Waals surface area contributed by atoms with E-state index in [1.54, 1.807) is 0 Å². The number of aliphatic imine (C=N–C) groups is 2. The minimum atomic E-state index is 0.651. The van der Waals surface area contributed by atoms with Crippen molar-refractivity contribution in [1.29, 1.82) is 0 Å². The molecule has 0 aliphatic carbocycles. The SMILES string of the molecule is CCc1ccc(C2=CC3=CC=CC4=CC(c5ccc(N(C)C)cc5Nc5ccccc5)=NC(=N2)N34)c(Nc2ccccc2)c1. The van der Waals surface area contributed by atoms with Gasteiger partial charge >= 0.3 is 0 Å². The molecule has 0 saturated heterocycles. The third kappa shape index (κ3) is 5.34. The first-order valence-corrected chi connectivity index (χ1v) is 14.9. The van der Waals surface area contributed by atoms with Crippen molar-refractivity contribution in [2.45, 2.75) is 13.3 Å². The summed E-state index contributed by atoms with van der Waals surface area (Å²) in [4.78, 5) is 14.6. The second-order valence-electron chi connectivity index (χ2n) is 11.1. The average Bonchev–Trinajstić information content (AvgIpc) is 3.05. The highest BCUT2D eigenvalue weighted by Crippen LogP contribution is 2.38. The Morgan fingerprint density at radius 3 is 2.07 bits per heavy atom. The molecule has 0 spiro atoms. The van der Waals surface area contributed by atoms with Gasteiger partial charge in [-0.05, 0) is 84.8 Å². The predicted molar refractivity (Wildman–Crippen MR) is 185 cm³/mol. The lowest BCUT2D eigenvalue weighted by Gasteiger charge is -2.34. The first-order valence-electron chi connectivity index (χ1n) is 14.9. The van der Waals surface area contributed by atoms with Gasteiger partial charge in [0.15, 0.2) is 0 Å². The molecule has 0 aromatic heterocycles. The summed E-state index contributed by atoms with van der Waals surface area (Å²) in [5.41, 5.74) is 12.3. The summed E-state index contributed by atoms with van der Waals surface area (Å²) in [5.74, 6) is 0.651. The highest BCUT2D eigenvalue weighted by molar-refractivity contribution is 6.20. The minimum absolute atomic E-state index is 0.651. The topological polar surface area (TPSA) is 55.3 Å². The Morgan fingerprint density at radius 2 is 1.39 bits per heavy atom. The number of para-hydroxylation sites is 2. The van der Waals surface area contributed by atoms with Gasteiger partial charge in [-0.25, -0.2) is 9.98 Å². The van der Waals surface area contributed by atoms with Gasteiger partial charge in [0, 0.05) is 48.0 Å². The summed E-state index contributed by atoms with van der Waals surface area (Å²) < 4.78 is 0. The molecule has 3 heterocycles. The number of nitrogens with one attached hydrogen (secondary N) is 2. The molecule has 0 atom stereocenters. The van der Waals surface area contributed by atoms with Crippen LogP contribution in [0.15, 0.2) is 149 Å². The third-order valence-corrected chi connectivity index (χ3v) is 7.93. The van der Waals surface area contributed by atoms with Gasteiger partial charge in [-0.2, -0.15) is 0 Å². The standard InChI is InChI=1S/C38H34N6/c1-4-26-18-20-32(34(22-26)39-27-12-7-5-8-13-27)36-24-30-16-11-17-31-25-37(42-38(41-36)44(30)31)33-21-19-29(43(2)3)23-35(33)40-28-14-9-6-10-15-28/h5-25,39-40H,4H2,1-3H3. The molecule has 3 aliphatic heterocycles. The monoisotopic (exact) mass is 574 g/mol. The lowest BCUT2D eigenvalue weighted by Crippen LogP contribution is -2.34. The first kappa shape index (κ1) is 27.2. The number of guanidine groups is 1. The largest absolute Gasteiger partial charge is 0.378 e. The number of hydrogen-bond donors (Lipinski definition) is 2. The van der Waals surface area contributed by atoms with E-state index in [9.17, 15) is 0 Å². The van der Waals surface area contributed by atoms with Gasteiger partial charge in [0.05, 0.1) is 28.5 Å². The second-order valence-corrected chi connectivity index (χ2v) is 11.1. The maximum absolute atomic E-state index is 5.18. The molecule has 0 bridgehead atoms. The van der Waals surface area contributed by atoms with Crippen LogP contribution in [-0.2, 0) is 6.42 Å². The van der Waals surface area contributed by atoms with E-state index in [4.69, 9.17) is 9.98 Å². The van der Waals surface area contributed by atoms with E-state index in [0.29, 0.717) is 5.96 Å². The molecule has 0 saturated carbocycles. The quantitative estimate of drug-likeness (QED) is 0.221. The van der Waals surface area contributed by atoms with Gasteiger partial charge in [-0.15, -0.1) is 0 Å². The number of benzene rings is 4. The number of aryl methyl sites for hydroxylation is 1. The number of nitrogens with zero attached hydrogens (tertiary/aromatic N) is 4. The van der Waals surface area contributed by atoms with Crippen LogP contribution in [0.1, 0.15) is 23.6 Å². The van der Waals surface area contributed by atoms with E-state index in [0.717, 1.165) is 68.8 Å². The van der Waals surface area contributed by atoms with Crippen molar-refractivity contribution in [2.75, 3.05) is 29.6 Å². The third-order valence-electron chi connectivity index (χ3n) is 7.93. The second kappa shape index (κ2) is 11.6. The summed E-state index contributed by atoms with van der Waals surface area (Å²) in [6.07, 6.45) is 11.6. The predicted octanol–water partition coefficient (Wildman–Crippen LogP) is 8.66. The number of rotatable bonds is 8. The van der Waals surface area contributed by atoms with Gasteiger partial charge < -0.3 is 15.5 Å². The smallest absolute Gasteiger partial charge is 0.235 e. The van der Waals surface area contributed by atoms with Crippen LogP contribution < -0.4 is 15.5 Å². The Hall–Kier alpha value is -5.62. The van der Waals surface area contributed by atoms with Gasteiger partial charge in [-0.3, -0.25) is 4.90 Å². The van der Waals surface area contributed by atoms with E-state index in [2.05, 4.69) is 132 Å². The van der Waals surface area contributed by atoms with Crippen molar-refractivity contribution >= 4 is 45.8 Å². The molecule has 0 fully saturated rings. The normalized spacial score (nSPS) is 14.9. The summed E-state index contributed by atoms with van der Waals surface area (Å²) in [5, 5.41) is 7.26. The maximum atomic E-state index is 5.18. The fourth-order valence-corrected chi connectivity index (χ4v) is 5.59. The fourth-order valence-electron chi connectivity index (χ4n) is 5.59. The zero-order valence-corrected chi connectivity index (χ0v) is 25.1. The van der Waals surface area contributed by atoms with Crippen molar-refractivity contribution in [1.82, 2.24) is 4.90 Å². The molecule has 0 unspecified atom stereocenters. The average molecular weight is 575 g/mol. The van der Waals surface area contributed by atoms with Crippen molar-refractivity contribution < 1.29 is 0 Å². The molecule has 4 aromatic carbocycles. The molecule has 3 aliphatic rings. The van der Waals surface area contributed by atoms with Crippen molar-refractivity contribution in [3.05, 3.63) is 156 Å². The van der Waals surface area contributed by atoms with Gasteiger partial charge in [0.1, 0.15) is 0 Å². The summed E-state index contributed by atoms with van der Waals surface area (Å²) in [6.45, 7) is 2.18. The number of anilines is 5. The van der Waals surface area contributed by atoms with Gasteiger partial charge in [0.2, 0.25) is 5.96 Å². The van der Waals surface area contributed by atoms with Crippen molar-refractivity contribution in [2.24, 2.45) is 9.98 Å². The van der Waals surface area contributed by atoms with Crippen LogP contribution >= 0.6 is 0 Å². The van der Waals surface area contributed by atoms with Crippen LogP contribution in [0, 0.1) is 0 Å². The highest BCUT2D eigenvalue weighted by Gasteiger charge is 2.30. The van der Waals surface area contributed by atoms with Crippen LogP contribution in [0.2, 0.25) is 0 Å². The molecule has 216 valence electrons. The lowest BCUT2D eigenvalue weighted by atomic mass is 10.00. The Balaban J connectivity index is 1.33. The molecule has 2 N–H and O–H groups in total. The highest BCUT2D eigenvalue weighted by atomic mass is 15.3. The van der Waals surface area contributed by atoms with Gasteiger partial charge in [-0.1, -0.05) is 61.5 Å². The molecule has 6 nitrogen and oxygen atoms in total. The first-order chi connectivity index (χ1) is 21.6. The Labute approximate surface area is 258 Å². The maximum Gasteiger partial charge on any atom is 0.235 e. The number of allylic oxidation sites excluding steroid dienone is 5. The summed E-state index contributed by atoms with van der Waals surface area (Å²) >= 11 is 0. The Bertz CT molecular complexity index is 1910. The molecule has 0 amide bonds. The Morgan fingerprint density at radius 1 is 0.705 bits per heavy atom. The van der Waals surface area contributed by atoms with E-state index in [1.807, 2.05) is 36.4 Å². The van der Waals surface area contributed by atoms with E-state index in [-0.39, 0.29) is 0 Å². The molecule has 6 heteroatoms. The van der Waals surface area contributed by atoms with E-state index < -0.39 is 0 Å². The molecule has 0 radical (unpaired) electrons. The minimum Gasteiger partial charge on any atom is -0.378 e. The molecule has 44 heavy (non-hydrogen) atoms. The van der Waals surface area contributed by atoms with Crippen molar-refractivity contribution in [3.63, 3.8) is 0 Å². The molecule has 4 aromatic rings. The summed E-state index contributed by atoms with van der Waals surface area (Å²) in [6, 6.07) is 33.5. The van der Waals surface area contributed by atoms with Crippen LogP contribution in [0.3, 0.4) is 0 Å². The summed E-state index contributed by atoms with van der Waals surface area (Å²) in [7, 11) is 4.11. The van der Waals surface area contributed by atoms with Gasteiger partial charge in [0.25, 0.3) is 0 Å². The number of hydrogen-bond acceptors (Lipinski definition) is 6. The van der Waals surface area contributed by atoms with Crippen molar-refractivity contribution in [3.8, 4) is 0 Å². The van der Waals surface area contributed by atoms with Crippen LogP contribution in [0.5, 0.6) is 0 Å².